The average molecular weight is 487 g/mol. The highest BCUT2D eigenvalue weighted by Gasteiger charge is 2.27. The molecule has 8 nitrogen and oxygen atoms in total. The number of piperidine rings is 1. The zero-order valence-corrected chi connectivity index (χ0v) is 20.1. The molecule has 1 aliphatic heterocycles. The Balaban J connectivity index is 1.38. The number of carbonyl (C=O) groups excluding carboxylic acids is 1. The molecule has 1 N–H and O–H groups in total. The van der Waals surface area contributed by atoms with Gasteiger partial charge in [-0.2, -0.15) is 4.31 Å². The van der Waals surface area contributed by atoms with Crippen molar-refractivity contribution < 1.29 is 13.2 Å². The van der Waals surface area contributed by atoms with Crippen LogP contribution in [0, 0.1) is 6.92 Å². The molecular weight excluding hydrogens is 460 g/mol. The molecule has 2 aliphatic rings. The van der Waals surface area contributed by atoms with Crippen LogP contribution in [0.4, 0.5) is 5.69 Å². The Morgan fingerprint density at radius 3 is 2.73 bits per heavy atom. The summed E-state index contributed by atoms with van der Waals surface area (Å²) in [6.07, 6.45) is 7.06. The summed E-state index contributed by atoms with van der Waals surface area (Å²) in [5.41, 5.74) is 2.05. The van der Waals surface area contributed by atoms with E-state index in [9.17, 15) is 18.0 Å². The zero-order chi connectivity index (χ0) is 23.2. The number of fused-ring (bicyclic) bond motifs is 3. The highest BCUT2D eigenvalue weighted by atomic mass is 32.2. The van der Waals surface area contributed by atoms with Gasteiger partial charge in [-0.05, 0) is 62.3 Å². The number of benzene rings is 1. The van der Waals surface area contributed by atoms with Crippen molar-refractivity contribution in [3.63, 3.8) is 0 Å². The Morgan fingerprint density at radius 2 is 1.94 bits per heavy atom. The van der Waals surface area contributed by atoms with E-state index in [4.69, 9.17) is 0 Å². The molecule has 10 heteroatoms. The second-order valence-electron chi connectivity index (χ2n) is 8.70. The van der Waals surface area contributed by atoms with Gasteiger partial charge in [0.1, 0.15) is 11.4 Å². The first-order chi connectivity index (χ1) is 15.8. The van der Waals surface area contributed by atoms with E-state index in [0.29, 0.717) is 24.2 Å². The smallest absolute Gasteiger partial charge is 0.262 e. The van der Waals surface area contributed by atoms with E-state index >= 15 is 0 Å². The third-order valence-electron chi connectivity index (χ3n) is 6.44. The minimum absolute atomic E-state index is 0.166. The minimum atomic E-state index is -3.61. The molecule has 1 fully saturated rings. The summed E-state index contributed by atoms with van der Waals surface area (Å²) in [4.78, 5) is 32.3. The Kier molecular flexibility index (Phi) is 5.84. The van der Waals surface area contributed by atoms with Crippen molar-refractivity contribution in [2.75, 3.05) is 18.4 Å². The van der Waals surface area contributed by atoms with Crippen LogP contribution in [0.25, 0.3) is 10.2 Å². The summed E-state index contributed by atoms with van der Waals surface area (Å²) in [5, 5.41) is 3.42. The lowest BCUT2D eigenvalue weighted by Gasteiger charge is -2.26. The van der Waals surface area contributed by atoms with E-state index in [0.717, 1.165) is 54.5 Å². The Hall–Kier alpha value is -2.56. The number of aryl methyl sites for hydroxylation is 3. The molecule has 1 saturated heterocycles. The van der Waals surface area contributed by atoms with Crippen LogP contribution in [-0.4, -0.2) is 41.3 Å². The molecule has 0 spiro atoms. The molecule has 0 saturated carbocycles. The van der Waals surface area contributed by atoms with E-state index in [2.05, 4.69) is 10.3 Å². The number of amides is 1. The third kappa shape index (κ3) is 4.11. The maximum atomic E-state index is 13.0. The van der Waals surface area contributed by atoms with Gasteiger partial charge in [0, 0.05) is 23.7 Å². The van der Waals surface area contributed by atoms with Gasteiger partial charge in [-0.1, -0.05) is 12.5 Å². The minimum Gasteiger partial charge on any atom is -0.324 e. The van der Waals surface area contributed by atoms with Crippen molar-refractivity contribution in [3.8, 4) is 0 Å². The maximum Gasteiger partial charge on any atom is 0.262 e. The number of hydrogen-bond donors (Lipinski definition) is 1. The van der Waals surface area contributed by atoms with Crippen LogP contribution in [-0.2, 0) is 34.2 Å². The fourth-order valence-corrected chi connectivity index (χ4v) is 7.39. The molecule has 3 heterocycles. The van der Waals surface area contributed by atoms with Crippen molar-refractivity contribution in [1.82, 2.24) is 13.9 Å². The fourth-order valence-electron chi connectivity index (χ4n) is 4.63. The Labute approximate surface area is 196 Å². The van der Waals surface area contributed by atoms with Crippen LogP contribution >= 0.6 is 11.3 Å². The molecule has 5 rings (SSSR count). The largest absolute Gasteiger partial charge is 0.324 e. The number of carbonyl (C=O) groups is 1. The van der Waals surface area contributed by atoms with E-state index in [1.807, 2.05) is 0 Å². The summed E-state index contributed by atoms with van der Waals surface area (Å²) >= 11 is 1.56. The number of anilines is 1. The summed E-state index contributed by atoms with van der Waals surface area (Å²) in [6.45, 7) is 2.65. The van der Waals surface area contributed by atoms with Gasteiger partial charge in [-0.15, -0.1) is 11.3 Å². The average Bonchev–Trinajstić information content (AvgIpc) is 3.39. The molecule has 1 aliphatic carbocycles. The molecule has 0 radical (unpaired) electrons. The topological polar surface area (TPSA) is 101 Å². The highest BCUT2D eigenvalue weighted by molar-refractivity contribution is 7.89. The van der Waals surface area contributed by atoms with Crippen LogP contribution in [0.2, 0.25) is 0 Å². The number of rotatable bonds is 5. The fraction of sp³-hybridized carbons (Fsp3) is 0.435. The summed E-state index contributed by atoms with van der Waals surface area (Å²) in [7, 11) is -3.61. The Morgan fingerprint density at radius 1 is 1.15 bits per heavy atom. The van der Waals surface area contributed by atoms with Gasteiger partial charge >= 0.3 is 0 Å². The molecule has 33 heavy (non-hydrogen) atoms. The van der Waals surface area contributed by atoms with Gasteiger partial charge in [0.2, 0.25) is 15.9 Å². The summed E-state index contributed by atoms with van der Waals surface area (Å²) < 4.78 is 28.9. The van der Waals surface area contributed by atoms with Crippen LogP contribution in [0.1, 0.15) is 41.7 Å². The van der Waals surface area contributed by atoms with Gasteiger partial charge in [-0.3, -0.25) is 14.2 Å². The molecular formula is C23H26N4O4S2. The predicted molar refractivity (Wildman–Crippen MR) is 128 cm³/mol. The molecule has 0 unspecified atom stereocenters. The second kappa shape index (κ2) is 8.66. The van der Waals surface area contributed by atoms with Gasteiger partial charge in [0.05, 0.1) is 16.6 Å². The van der Waals surface area contributed by atoms with Gasteiger partial charge < -0.3 is 5.32 Å². The molecule has 174 valence electrons. The summed E-state index contributed by atoms with van der Waals surface area (Å²) in [5.74, 6) is -0.402. The number of hydrogen-bond acceptors (Lipinski definition) is 6. The van der Waals surface area contributed by atoms with E-state index < -0.39 is 15.9 Å². The van der Waals surface area contributed by atoms with Crippen LogP contribution in [0.15, 0.2) is 34.2 Å². The zero-order valence-electron chi connectivity index (χ0n) is 18.5. The standard InChI is InChI=1S/C23H26N4O4S2/c1-15-8-9-16(33(30,31)27-10-3-2-4-11-27)12-18(15)25-20(28)13-26-14-24-22-21(23(26)29)17-6-5-7-19(17)32-22/h8-9,12,14H,2-7,10-11,13H2,1H3,(H,25,28). The van der Waals surface area contributed by atoms with Crippen molar-refractivity contribution >= 4 is 43.2 Å². The highest BCUT2D eigenvalue weighted by Crippen LogP contribution is 2.34. The van der Waals surface area contributed by atoms with Crippen molar-refractivity contribution in [1.29, 1.82) is 0 Å². The second-order valence-corrected chi connectivity index (χ2v) is 11.7. The molecule has 3 aromatic rings. The monoisotopic (exact) mass is 486 g/mol. The van der Waals surface area contributed by atoms with Crippen molar-refractivity contribution in [3.05, 3.63) is 50.9 Å². The van der Waals surface area contributed by atoms with Crippen LogP contribution < -0.4 is 10.9 Å². The lowest BCUT2D eigenvalue weighted by atomic mass is 10.2. The third-order valence-corrected chi connectivity index (χ3v) is 9.54. The maximum absolute atomic E-state index is 13.0. The quantitative estimate of drug-likeness (QED) is 0.597. The lowest BCUT2D eigenvalue weighted by Crippen LogP contribution is -2.35. The van der Waals surface area contributed by atoms with Gasteiger partial charge in [-0.25, -0.2) is 13.4 Å². The van der Waals surface area contributed by atoms with E-state index in [1.165, 1.54) is 26.1 Å². The predicted octanol–water partition coefficient (Wildman–Crippen LogP) is 3.07. The first kappa shape index (κ1) is 22.2. The van der Waals surface area contributed by atoms with E-state index in [-0.39, 0.29) is 17.0 Å². The molecule has 0 bridgehead atoms. The molecule has 2 aromatic heterocycles. The van der Waals surface area contributed by atoms with Crippen LogP contribution in [0.3, 0.4) is 0 Å². The SMILES string of the molecule is Cc1ccc(S(=O)(=O)N2CCCCC2)cc1NC(=O)Cn1cnc2sc3c(c2c1=O)CCC3. The number of thiophene rings is 1. The van der Waals surface area contributed by atoms with Crippen molar-refractivity contribution in [2.24, 2.45) is 0 Å². The van der Waals surface area contributed by atoms with Gasteiger partial charge in [0.15, 0.2) is 0 Å². The Bertz CT molecular complexity index is 1400. The molecule has 1 amide bonds. The molecule has 1 aromatic carbocycles. The summed E-state index contributed by atoms with van der Waals surface area (Å²) in [6, 6.07) is 4.78. The van der Waals surface area contributed by atoms with Crippen LogP contribution in [0.5, 0.6) is 0 Å². The number of sulfonamides is 1. The number of aromatic nitrogens is 2. The first-order valence-electron chi connectivity index (χ1n) is 11.2. The molecule has 0 atom stereocenters. The van der Waals surface area contributed by atoms with E-state index in [1.54, 1.807) is 30.4 Å². The normalized spacial score (nSPS) is 16.8. The lowest BCUT2D eigenvalue weighted by molar-refractivity contribution is -0.116. The van der Waals surface area contributed by atoms with Crippen molar-refractivity contribution in [2.45, 2.75) is 56.9 Å². The number of nitrogens with zero attached hydrogens (tertiary/aromatic N) is 3. The number of nitrogens with one attached hydrogen (secondary N) is 1. The first-order valence-corrected chi connectivity index (χ1v) is 13.5. The van der Waals surface area contributed by atoms with Gasteiger partial charge in [0.25, 0.3) is 5.56 Å².